The van der Waals surface area contributed by atoms with E-state index >= 15 is 0 Å². The SMILES string of the molecule is N#Cc1ccc2c(c1)c1cc(-n3c4ccccc4c4ccccc43)ccc1n2-c1ccc(C#N)c(-c2ccc(-n3c4ccccc4c4ccccc43)cc2)c1. The van der Waals surface area contributed by atoms with E-state index in [-0.39, 0.29) is 0 Å². The van der Waals surface area contributed by atoms with Crippen molar-refractivity contribution in [1.82, 2.24) is 13.7 Å². The van der Waals surface area contributed by atoms with E-state index in [2.05, 4.69) is 171 Å². The summed E-state index contributed by atoms with van der Waals surface area (Å²) in [6.45, 7) is 0. The lowest BCUT2D eigenvalue weighted by molar-refractivity contribution is 1.16. The summed E-state index contributed by atoms with van der Waals surface area (Å²) in [5.74, 6) is 0. The van der Waals surface area contributed by atoms with Crippen molar-refractivity contribution in [2.75, 3.05) is 0 Å². The van der Waals surface area contributed by atoms with Crippen LogP contribution < -0.4 is 0 Å². The molecule has 0 unspecified atom stereocenters. The Bertz CT molecular complexity index is 3350. The molecular weight excluding hydrogens is 671 g/mol. The van der Waals surface area contributed by atoms with Gasteiger partial charge in [0.15, 0.2) is 0 Å². The maximum atomic E-state index is 10.3. The van der Waals surface area contributed by atoms with Crippen LogP contribution in [0.5, 0.6) is 0 Å². The summed E-state index contributed by atoms with van der Waals surface area (Å²) in [5.41, 5.74) is 12.7. The molecule has 0 fully saturated rings. The first-order chi connectivity index (χ1) is 27.2. The Hall–Kier alpha value is -7.86. The van der Waals surface area contributed by atoms with Gasteiger partial charge in [0.2, 0.25) is 0 Å². The van der Waals surface area contributed by atoms with Gasteiger partial charge in [-0.2, -0.15) is 10.5 Å². The molecule has 254 valence electrons. The molecule has 55 heavy (non-hydrogen) atoms. The highest BCUT2D eigenvalue weighted by molar-refractivity contribution is 6.13. The zero-order valence-corrected chi connectivity index (χ0v) is 29.5. The first kappa shape index (κ1) is 30.7. The fourth-order valence-corrected chi connectivity index (χ4v) is 8.70. The van der Waals surface area contributed by atoms with Crippen LogP contribution in [-0.4, -0.2) is 13.7 Å². The molecule has 0 bridgehead atoms. The first-order valence-corrected chi connectivity index (χ1v) is 18.3. The van der Waals surface area contributed by atoms with E-state index in [1.807, 2.05) is 30.3 Å². The van der Waals surface area contributed by atoms with Crippen LogP contribution in [0.15, 0.2) is 176 Å². The Labute approximate surface area is 316 Å². The van der Waals surface area contributed by atoms with Crippen LogP contribution >= 0.6 is 0 Å². The molecule has 0 N–H and O–H groups in total. The Kier molecular flexibility index (Phi) is 6.61. The molecule has 0 amide bonds. The van der Waals surface area contributed by atoms with Crippen LogP contribution in [-0.2, 0) is 0 Å². The van der Waals surface area contributed by atoms with Gasteiger partial charge < -0.3 is 13.7 Å². The Morgan fingerprint density at radius 3 is 1.27 bits per heavy atom. The average molecular weight is 700 g/mol. The molecule has 0 aliphatic heterocycles. The van der Waals surface area contributed by atoms with Crippen LogP contribution in [0.1, 0.15) is 11.1 Å². The van der Waals surface area contributed by atoms with E-state index in [9.17, 15) is 10.5 Å². The van der Waals surface area contributed by atoms with Crippen molar-refractivity contribution in [3.63, 3.8) is 0 Å². The smallest absolute Gasteiger partial charge is 0.0998 e. The molecule has 5 nitrogen and oxygen atoms in total. The zero-order chi connectivity index (χ0) is 36.6. The number of aromatic nitrogens is 3. The van der Waals surface area contributed by atoms with Crippen molar-refractivity contribution in [2.45, 2.75) is 0 Å². The van der Waals surface area contributed by atoms with Crippen molar-refractivity contribution in [3.05, 3.63) is 187 Å². The van der Waals surface area contributed by atoms with Gasteiger partial charge in [-0.1, -0.05) is 84.9 Å². The lowest BCUT2D eigenvalue weighted by Gasteiger charge is -2.13. The number of nitrogens with zero attached hydrogens (tertiary/aromatic N) is 5. The number of para-hydroxylation sites is 4. The molecule has 3 aromatic heterocycles. The van der Waals surface area contributed by atoms with Gasteiger partial charge in [-0.3, -0.25) is 0 Å². The Balaban J connectivity index is 1.08. The van der Waals surface area contributed by atoms with Crippen LogP contribution in [0.3, 0.4) is 0 Å². The molecular formula is C50H29N5. The van der Waals surface area contributed by atoms with Gasteiger partial charge in [0.1, 0.15) is 0 Å². The predicted molar refractivity (Wildman–Crippen MR) is 224 cm³/mol. The molecule has 0 aliphatic rings. The van der Waals surface area contributed by atoms with Gasteiger partial charge in [-0.25, -0.2) is 0 Å². The summed E-state index contributed by atoms with van der Waals surface area (Å²) >= 11 is 0. The summed E-state index contributed by atoms with van der Waals surface area (Å²) in [7, 11) is 0. The molecule has 0 saturated carbocycles. The summed E-state index contributed by atoms with van der Waals surface area (Å²) in [5, 5.41) is 27.2. The minimum atomic E-state index is 0.606. The number of fused-ring (bicyclic) bond motifs is 9. The fraction of sp³-hybridized carbons (Fsp3) is 0. The largest absolute Gasteiger partial charge is 0.309 e. The third kappa shape index (κ3) is 4.51. The molecule has 0 saturated heterocycles. The zero-order valence-electron chi connectivity index (χ0n) is 29.5. The van der Waals surface area contributed by atoms with E-state index in [0.29, 0.717) is 11.1 Å². The number of benzene rings is 8. The fourth-order valence-electron chi connectivity index (χ4n) is 8.70. The van der Waals surface area contributed by atoms with Gasteiger partial charge in [0.05, 0.1) is 56.4 Å². The number of rotatable bonds is 4. The topological polar surface area (TPSA) is 62.4 Å². The highest BCUT2D eigenvalue weighted by Crippen LogP contribution is 2.39. The lowest BCUT2D eigenvalue weighted by atomic mass is 9.99. The second kappa shape index (κ2) is 11.8. The summed E-state index contributed by atoms with van der Waals surface area (Å²) < 4.78 is 6.88. The van der Waals surface area contributed by atoms with E-state index in [0.717, 1.165) is 72.1 Å². The second-order valence-corrected chi connectivity index (χ2v) is 14.0. The van der Waals surface area contributed by atoms with Crippen molar-refractivity contribution in [1.29, 1.82) is 10.5 Å². The number of hydrogen-bond donors (Lipinski definition) is 0. The van der Waals surface area contributed by atoms with Crippen LogP contribution in [0.2, 0.25) is 0 Å². The second-order valence-electron chi connectivity index (χ2n) is 14.0. The molecule has 8 aromatic carbocycles. The summed E-state index contributed by atoms with van der Waals surface area (Å²) in [4.78, 5) is 0. The quantitative estimate of drug-likeness (QED) is 0.184. The van der Waals surface area contributed by atoms with E-state index < -0.39 is 0 Å². The minimum Gasteiger partial charge on any atom is -0.309 e. The Morgan fingerprint density at radius 2 is 0.745 bits per heavy atom. The molecule has 3 heterocycles. The van der Waals surface area contributed by atoms with E-state index in [1.165, 1.54) is 21.5 Å². The molecule has 0 aliphatic carbocycles. The minimum absolute atomic E-state index is 0.606. The summed E-state index contributed by atoms with van der Waals surface area (Å²) in [6, 6.07) is 65.9. The molecule has 0 radical (unpaired) electrons. The van der Waals surface area contributed by atoms with E-state index in [1.54, 1.807) is 0 Å². The highest BCUT2D eigenvalue weighted by Gasteiger charge is 2.19. The molecule has 0 atom stereocenters. The van der Waals surface area contributed by atoms with Crippen molar-refractivity contribution in [3.8, 4) is 40.3 Å². The monoisotopic (exact) mass is 699 g/mol. The molecule has 11 rings (SSSR count). The van der Waals surface area contributed by atoms with Crippen molar-refractivity contribution in [2.24, 2.45) is 0 Å². The summed E-state index contributed by atoms with van der Waals surface area (Å²) in [6.07, 6.45) is 0. The third-order valence-electron chi connectivity index (χ3n) is 11.1. The van der Waals surface area contributed by atoms with Gasteiger partial charge >= 0.3 is 0 Å². The Morgan fingerprint density at radius 1 is 0.327 bits per heavy atom. The van der Waals surface area contributed by atoms with Gasteiger partial charge in [-0.05, 0) is 96.6 Å². The van der Waals surface area contributed by atoms with Gasteiger partial charge in [-0.15, -0.1) is 0 Å². The van der Waals surface area contributed by atoms with Gasteiger partial charge in [0, 0.05) is 54.9 Å². The average Bonchev–Trinajstić information content (AvgIpc) is 3.89. The van der Waals surface area contributed by atoms with Crippen LogP contribution in [0.25, 0.3) is 93.6 Å². The van der Waals surface area contributed by atoms with Crippen LogP contribution in [0, 0.1) is 22.7 Å². The van der Waals surface area contributed by atoms with Gasteiger partial charge in [0.25, 0.3) is 0 Å². The normalized spacial score (nSPS) is 11.6. The molecule has 11 aromatic rings. The van der Waals surface area contributed by atoms with Crippen molar-refractivity contribution >= 4 is 65.4 Å². The third-order valence-corrected chi connectivity index (χ3v) is 11.1. The lowest BCUT2D eigenvalue weighted by Crippen LogP contribution is -1.97. The molecule has 5 heteroatoms. The molecule has 0 spiro atoms. The standard InChI is InChI=1S/C50H29N5/c51-30-32-17-25-49-43(27-32)44-29-37(54-47-15-7-3-11-40(47)41-12-4-8-16-48(41)54)24-26-50(44)55(49)36-23-20-34(31-52)42(28-36)33-18-21-35(22-19-33)53-45-13-5-1-9-38(45)39-10-2-6-14-46(39)53/h1-29H. The predicted octanol–water partition coefficient (Wildman–Crippen LogP) is 12.4. The maximum absolute atomic E-state index is 10.3. The highest BCUT2D eigenvalue weighted by atomic mass is 15.0. The number of nitriles is 2. The van der Waals surface area contributed by atoms with Crippen LogP contribution in [0.4, 0.5) is 0 Å². The maximum Gasteiger partial charge on any atom is 0.0998 e. The van der Waals surface area contributed by atoms with E-state index in [4.69, 9.17) is 0 Å². The first-order valence-electron chi connectivity index (χ1n) is 18.3. The number of hydrogen-bond acceptors (Lipinski definition) is 2. The van der Waals surface area contributed by atoms with Crippen molar-refractivity contribution < 1.29 is 0 Å².